The van der Waals surface area contributed by atoms with Crippen molar-refractivity contribution in [1.29, 1.82) is 0 Å². The molecular weight excluding hydrogens is 456 g/mol. The van der Waals surface area contributed by atoms with E-state index in [4.69, 9.17) is 9.47 Å². The van der Waals surface area contributed by atoms with Gasteiger partial charge in [0, 0.05) is 30.1 Å². The molecule has 182 valence electrons. The number of ether oxygens (including phenoxy) is 2. The molecule has 0 radical (unpaired) electrons. The van der Waals surface area contributed by atoms with E-state index in [2.05, 4.69) is 0 Å². The number of nitrogens with zero attached hydrogens (tertiary/aromatic N) is 2. The molecule has 1 fully saturated rings. The summed E-state index contributed by atoms with van der Waals surface area (Å²) in [4.78, 5) is 79.5. The lowest BCUT2D eigenvalue weighted by Crippen LogP contribution is -2.67. The smallest absolute Gasteiger partial charge is 0.338 e. The van der Waals surface area contributed by atoms with E-state index in [1.807, 2.05) is 0 Å². The van der Waals surface area contributed by atoms with Crippen LogP contribution in [0, 0.1) is 0 Å². The monoisotopic (exact) mass is 480 g/mol. The van der Waals surface area contributed by atoms with Gasteiger partial charge in [-0.1, -0.05) is 18.2 Å². The average molecular weight is 480 g/mol. The molecule has 0 unspecified atom stereocenters. The number of allylic oxidation sites excluding steroid dienone is 2. The fourth-order valence-corrected chi connectivity index (χ4v) is 4.66. The first-order valence-corrected chi connectivity index (χ1v) is 11.2. The SMILES string of the molecule is CCOC1=C(C)C(=O)C2=C(C[C@H]3C(=O)N(C(C)=O)CC(=O)N3[C@@H]2COC(=O)c2ccccc2)C1=O. The second-order valence-electron chi connectivity index (χ2n) is 8.38. The summed E-state index contributed by atoms with van der Waals surface area (Å²) < 4.78 is 10.9. The van der Waals surface area contributed by atoms with Crippen LogP contribution in [-0.2, 0) is 33.4 Å². The highest BCUT2D eigenvalue weighted by atomic mass is 16.5. The highest BCUT2D eigenvalue weighted by molar-refractivity contribution is 6.25. The Labute approximate surface area is 201 Å². The largest absolute Gasteiger partial charge is 0.489 e. The van der Waals surface area contributed by atoms with E-state index in [0.29, 0.717) is 0 Å². The Morgan fingerprint density at radius 1 is 1.06 bits per heavy atom. The fraction of sp³-hybridized carbons (Fsp3) is 0.360. The molecule has 2 heterocycles. The van der Waals surface area contributed by atoms with Gasteiger partial charge < -0.3 is 14.4 Å². The first kappa shape index (κ1) is 24.1. The number of carbonyl (C=O) groups excluding carboxylic acids is 6. The maximum atomic E-state index is 13.4. The molecule has 10 nitrogen and oxygen atoms in total. The summed E-state index contributed by atoms with van der Waals surface area (Å²) in [5.41, 5.74) is 0.372. The Bertz CT molecular complexity index is 1210. The first-order chi connectivity index (χ1) is 16.7. The van der Waals surface area contributed by atoms with Crippen LogP contribution in [0.5, 0.6) is 0 Å². The summed E-state index contributed by atoms with van der Waals surface area (Å²) >= 11 is 0. The molecule has 1 aromatic carbocycles. The summed E-state index contributed by atoms with van der Waals surface area (Å²) in [6, 6.07) is 5.78. The van der Waals surface area contributed by atoms with Crippen molar-refractivity contribution >= 4 is 35.3 Å². The van der Waals surface area contributed by atoms with Crippen LogP contribution in [0.4, 0.5) is 0 Å². The van der Waals surface area contributed by atoms with Crippen molar-refractivity contribution in [3.8, 4) is 0 Å². The van der Waals surface area contributed by atoms with Crippen LogP contribution in [0.3, 0.4) is 0 Å². The molecule has 1 aliphatic carbocycles. The average Bonchev–Trinajstić information content (AvgIpc) is 2.85. The third kappa shape index (κ3) is 4.05. The van der Waals surface area contributed by atoms with Crippen molar-refractivity contribution in [2.45, 2.75) is 39.3 Å². The first-order valence-electron chi connectivity index (χ1n) is 11.2. The zero-order chi connectivity index (χ0) is 25.4. The van der Waals surface area contributed by atoms with Crippen molar-refractivity contribution in [2.75, 3.05) is 19.8 Å². The summed E-state index contributed by atoms with van der Waals surface area (Å²) in [5.74, 6) is -3.72. The number of ketones is 2. The quantitative estimate of drug-likeness (QED) is 0.450. The van der Waals surface area contributed by atoms with E-state index >= 15 is 0 Å². The summed E-state index contributed by atoms with van der Waals surface area (Å²) in [6.45, 7) is 3.49. The second kappa shape index (κ2) is 9.28. The highest BCUT2D eigenvalue weighted by Gasteiger charge is 2.53. The molecule has 35 heavy (non-hydrogen) atoms. The van der Waals surface area contributed by atoms with Crippen LogP contribution in [0.25, 0.3) is 0 Å². The molecule has 0 saturated carbocycles. The van der Waals surface area contributed by atoms with Crippen molar-refractivity contribution in [3.63, 3.8) is 0 Å². The molecule has 0 spiro atoms. The number of benzene rings is 1. The Balaban J connectivity index is 1.76. The van der Waals surface area contributed by atoms with Crippen LogP contribution in [0.15, 0.2) is 52.8 Å². The third-order valence-electron chi connectivity index (χ3n) is 6.32. The molecule has 2 atom stereocenters. The van der Waals surface area contributed by atoms with Gasteiger partial charge >= 0.3 is 5.97 Å². The zero-order valence-electron chi connectivity index (χ0n) is 19.5. The second-order valence-corrected chi connectivity index (χ2v) is 8.38. The lowest BCUT2D eigenvalue weighted by molar-refractivity contribution is -0.164. The molecule has 4 rings (SSSR count). The number of hydrogen-bond acceptors (Lipinski definition) is 8. The minimum atomic E-state index is -1.20. The van der Waals surface area contributed by atoms with Gasteiger partial charge in [-0.05, 0) is 26.0 Å². The molecule has 3 amide bonds. The van der Waals surface area contributed by atoms with Gasteiger partial charge in [-0.15, -0.1) is 0 Å². The van der Waals surface area contributed by atoms with Gasteiger partial charge in [0.1, 0.15) is 19.2 Å². The number of amides is 3. The molecular formula is C25H24N2O8. The molecule has 10 heteroatoms. The number of esters is 1. The minimum Gasteiger partial charge on any atom is -0.489 e. The van der Waals surface area contributed by atoms with Gasteiger partial charge in [-0.2, -0.15) is 0 Å². The van der Waals surface area contributed by atoms with Crippen molar-refractivity contribution in [3.05, 3.63) is 58.4 Å². The Hall–Kier alpha value is -4.08. The predicted octanol–water partition coefficient (Wildman–Crippen LogP) is 0.961. The van der Waals surface area contributed by atoms with Gasteiger partial charge in [0.25, 0.3) is 5.91 Å². The fourth-order valence-electron chi connectivity index (χ4n) is 4.66. The summed E-state index contributed by atoms with van der Waals surface area (Å²) in [5, 5.41) is 0. The standard InChI is InChI=1S/C25H24N2O8/c1-4-34-23-13(2)21(30)20-16(22(23)31)10-17-24(32)26(14(3)28)11-19(29)27(17)18(20)12-35-25(33)15-8-6-5-7-9-15/h5-9,17-18H,4,10-12H2,1-3H3/t17-,18+/m0/s1. The molecule has 3 aliphatic rings. The number of fused-ring (bicyclic) bond motifs is 1. The van der Waals surface area contributed by atoms with E-state index in [1.165, 1.54) is 18.7 Å². The van der Waals surface area contributed by atoms with Crippen LogP contribution < -0.4 is 0 Å². The van der Waals surface area contributed by atoms with Gasteiger partial charge in [0.2, 0.25) is 17.6 Å². The molecule has 0 aromatic heterocycles. The van der Waals surface area contributed by atoms with Crippen LogP contribution >= 0.6 is 0 Å². The number of carbonyl (C=O) groups is 6. The third-order valence-corrected chi connectivity index (χ3v) is 6.32. The number of hydrogen-bond donors (Lipinski definition) is 0. The van der Waals surface area contributed by atoms with Crippen LogP contribution in [0.1, 0.15) is 37.6 Å². The van der Waals surface area contributed by atoms with Gasteiger partial charge in [-0.25, -0.2) is 4.79 Å². The van der Waals surface area contributed by atoms with E-state index in [9.17, 15) is 28.8 Å². The van der Waals surface area contributed by atoms with Crippen LogP contribution in [0.2, 0.25) is 0 Å². The Morgan fingerprint density at radius 2 is 1.74 bits per heavy atom. The zero-order valence-corrected chi connectivity index (χ0v) is 19.5. The Kier molecular flexibility index (Phi) is 6.38. The van der Waals surface area contributed by atoms with Crippen molar-refractivity contribution in [1.82, 2.24) is 9.80 Å². The lowest BCUT2D eigenvalue weighted by atomic mass is 9.77. The number of piperazine rings is 1. The highest BCUT2D eigenvalue weighted by Crippen LogP contribution is 2.39. The van der Waals surface area contributed by atoms with Gasteiger partial charge in [-0.3, -0.25) is 28.9 Å². The van der Waals surface area contributed by atoms with E-state index in [1.54, 1.807) is 37.3 Å². The number of rotatable bonds is 5. The number of imide groups is 1. The van der Waals surface area contributed by atoms with Crippen molar-refractivity contribution < 1.29 is 38.2 Å². The molecule has 1 aromatic rings. The molecule has 0 N–H and O–H groups in total. The topological polar surface area (TPSA) is 127 Å². The van der Waals surface area contributed by atoms with E-state index < -0.39 is 60.5 Å². The number of Topliss-reactive ketones (excluding diaryl/α,β-unsaturated/α-hetero) is 2. The molecule has 1 saturated heterocycles. The lowest BCUT2D eigenvalue weighted by Gasteiger charge is -2.47. The predicted molar refractivity (Wildman–Crippen MR) is 120 cm³/mol. The summed E-state index contributed by atoms with van der Waals surface area (Å²) in [6.07, 6.45) is -0.249. The summed E-state index contributed by atoms with van der Waals surface area (Å²) in [7, 11) is 0. The van der Waals surface area contributed by atoms with Crippen LogP contribution in [-0.4, -0.2) is 76.9 Å². The molecule has 2 aliphatic heterocycles. The maximum Gasteiger partial charge on any atom is 0.338 e. The van der Waals surface area contributed by atoms with Gasteiger partial charge in [0.15, 0.2) is 11.5 Å². The maximum absolute atomic E-state index is 13.4. The van der Waals surface area contributed by atoms with E-state index in [-0.39, 0.29) is 41.1 Å². The van der Waals surface area contributed by atoms with Gasteiger partial charge in [0.05, 0.1) is 18.2 Å². The molecule has 0 bridgehead atoms. The van der Waals surface area contributed by atoms with E-state index in [0.717, 1.165) is 4.90 Å². The normalized spacial score (nSPS) is 22.3. The Morgan fingerprint density at radius 3 is 2.37 bits per heavy atom. The minimum absolute atomic E-state index is 0.00508. The van der Waals surface area contributed by atoms with Crippen molar-refractivity contribution in [2.24, 2.45) is 0 Å².